The summed E-state index contributed by atoms with van der Waals surface area (Å²) in [5, 5.41) is 0. The van der Waals surface area contributed by atoms with E-state index in [4.69, 9.17) is 0 Å². The minimum absolute atomic E-state index is 1.46. The third-order valence-electron chi connectivity index (χ3n) is 20.1. The molecule has 0 amide bonds. The van der Waals surface area contributed by atoms with Crippen LogP contribution in [0.15, 0.2) is 0 Å². The Hall–Kier alpha value is 3.47. The van der Waals surface area contributed by atoms with Crippen molar-refractivity contribution in [2.75, 3.05) is 0 Å². The van der Waals surface area contributed by atoms with Crippen molar-refractivity contribution in [1.29, 1.82) is 0 Å². The van der Waals surface area contributed by atoms with E-state index in [1.165, 1.54) is 0 Å². The van der Waals surface area contributed by atoms with E-state index in [0.29, 0.717) is 0 Å². The lowest BCUT2D eigenvalue weighted by Gasteiger charge is -2.80. The van der Waals surface area contributed by atoms with Crippen LogP contribution in [0.25, 0.3) is 0 Å². The van der Waals surface area contributed by atoms with Crippen molar-refractivity contribution in [2.24, 2.45) is 0 Å². The molecule has 0 aromatic heterocycles. The Bertz CT molecular complexity index is 985. The van der Waals surface area contributed by atoms with E-state index in [-0.39, 0.29) is 0 Å². The van der Waals surface area contributed by atoms with Crippen molar-refractivity contribution >= 4 is 115 Å². The molecule has 50 heavy (non-hydrogen) atoms. The highest BCUT2D eigenvalue weighted by molar-refractivity contribution is 8.30. The maximum absolute atomic E-state index is 3.40. The van der Waals surface area contributed by atoms with Gasteiger partial charge in [-0.3, -0.25) is 0 Å². The fourth-order valence-electron chi connectivity index (χ4n) is 15.2. The first-order chi connectivity index (χ1) is 20.8. The Kier molecular flexibility index (Phi) is 15.0. The summed E-state index contributed by atoms with van der Waals surface area (Å²) in [6.07, 6.45) is 0. The molecule has 0 bridgehead atoms. The van der Waals surface area contributed by atoms with E-state index in [1.54, 1.807) is 0 Å². The third kappa shape index (κ3) is 6.84. The molecule has 0 aliphatic heterocycles. The first-order valence-electron chi connectivity index (χ1n) is 20.8. The van der Waals surface area contributed by atoms with Gasteiger partial charge in [0.2, 0.25) is 0 Å². The van der Waals surface area contributed by atoms with Crippen molar-refractivity contribution in [3.63, 3.8) is 0 Å². The largest absolute Gasteiger partial charge is 0.0756 e. The predicted molar refractivity (Wildman–Crippen MR) is 291 cm³/mol. The summed E-state index contributed by atoms with van der Waals surface area (Å²) >= 11 is 0. The lowest BCUT2D eigenvalue weighted by Crippen LogP contribution is -3.10. The number of hydrogen-bond donors (Lipinski definition) is 0. The molecule has 302 valence electrons. The molecule has 0 aliphatic rings. The summed E-state index contributed by atoms with van der Waals surface area (Å²) in [5.74, 6) is 0. The Labute approximate surface area is 334 Å². The van der Waals surface area contributed by atoms with Crippen LogP contribution in [0.3, 0.4) is 0 Å². The minimum atomic E-state index is -1.80. The molecular formula is C34H102Si16. The van der Waals surface area contributed by atoms with Crippen LogP contribution >= 0.6 is 0 Å². The quantitative estimate of drug-likeness (QED) is 0.144. The van der Waals surface area contributed by atoms with Crippen LogP contribution in [0.5, 0.6) is 0 Å². The van der Waals surface area contributed by atoms with Crippen molar-refractivity contribution in [1.82, 2.24) is 0 Å². The normalized spacial score (nSPS) is 17.4. The predicted octanol–water partition coefficient (Wildman–Crippen LogP) is 13.8. The second-order valence-corrected chi connectivity index (χ2v) is 219. The molecule has 0 N–H and O–H groups in total. The summed E-state index contributed by atoms with van der Waals surface area (Å²) in [7, 11) is -15.3. The molecule has 0 atom stereocenters. The fraction of sp³-hybridized carbons (Fsp3) is 1.00. The average molecular weight is 961 g/mol. The van der Waals surface area contributed by atoms with Gasteiger partial charge in [-0.15, -0.1) is 0 Å². The van der Waals surface area contributed by atoms with E-state index in [1.807, 2.05) is 0 Å². The van der Waals surface area contributed by atoms with E-state index in [0.717, 1.165) is 0 Å². The molecule has 0 aliphatic carbocycles. The van der Waals surface area contributed by atoms with Gasteiger partial charge in [0.05, 0.1) is 0 Å². The van der Waals surface area contributed by atoms with Crippen molar-refractivity contribution < 1.29 is 0 Å². The molecule has 0 nitrogen and oxygen atoms in total. The lowest BCUT2D eigenvalue weighted by atomic mass is 11.8. The molecule has 0 aromatic rings. The topological polar surface area (TPSA) is 0 Å². The third-order valence-corrected chi connectivity index (χ3v) is 451. The standard InChI is InChI=1S/C34H102Si16/c1-35(2,3)45(29,36(4,5)6)49(33,46(30,37(7,8)9)38(10,11)12)43(25,26)44(27,28)50(34,47(31,39(13,14)15)40(16,17)18)48(32,41(19,20)21)42(22,23)24/h1-34H3. The Morgan fingerprint density at radius 3 is 0.260 bits per heavy atom. The Morgan fingerprint density at radius 2 is 0.200 bits per heavy atom. The van der Waals surface area contributed by atoms with Gasteiger partial charge in [-0.05, 0) is 0 Å². The van der Waals surface area contributed by atoms with Crippen LogP contribution in [0.4, 0.5) is 0 Å². The van der Waals surface area contributed by atoms with Crippen LogP contribution in [0, 0.1) is 0 Å². The molecule has 0 saturated carbocycles. The SMILES string of the molecule is C[Si](C)(C)[Si](C)([Si](C)(C)C)[Si](C)([Si](C)(C)[Si](C)(C)[Si](C)([Si](C)([Si](C)(C)C)[Si](C)(C)C)[Si](C)([Si](C)(C)C)[Si](C)(C)C)[Si](C)([Si](C)(C)C)[Si](C)(C)C. The summed E-state index contributed by atoms with van der Waals surface area (Å²) in [6, 6.07) is 0. The van der Waals surface area contributed by atoms with Gasteiger partial charge in [0.1, 0.15) is 0 Å². The van der Waals surface area contributed by atoms with E-state index in [2.05, 4.69) is 223 Å². The first kappa shape index (κ1) is 53.5. The second-order valence-electron chi connectivity index (χ2n) is 28.0. The van der Waals surface area contributed by atoms with E-state index < -0.39 is 115 Å². The second kappa shape index (κ2) is 14.0. The van der Waals surface area contributed by atoms with Crippen LogP contribution in [-0.4, -0.2) is 115 Å². The monoisotopic (exact) mass is 958 g/mol. The summed E-state index contributed by atoms with van der Waals surface area (Å²) < 4.78 is 0. The summed E-state index contributed by atoms with van der Waals surface area (Å²) in [5.41, 5.74) is 0. The van der Waals surface area contributed by atoms with Gasteiger partial charge in [0, 0.05) is 115 Å². The molecule has 0 aromatic carbocycles. The van der Waals surface area contributed by atoms with E-state index >= 15 is 0 Å². The number of hydrogen-bond acceptors (Lipinski definition) is 0. The van der Waals surface area contributed by atoms with Crippen molar-refractivity contribution in [3.8, 4) is 0 Å². The molecule has 0 radical (unpaired) electrons. The van der Waals surface area contributed by atoms with Crippen LogP contribution < -0.4 is 0 Å². The zero-order chi connectivity index (χ0) is 42.0. The van der Waals surface area contributed by atoms with Crippen molar-refractivity contribution in [2.45, 2.75) is 223 Å². The molecule has 0 unspecified atom stereocenters. The minimum Gasteiger partial charge on any atom is -0.0756 e. The van der Waals surface area contributed by atoms with Gasteiger partial charge in [-0.1, -0.05) is 223 Å². The molecule has 0 saturated heterocycles. The molecule has 0 fully saturated rings. The molecule has 0 rings (SSSR count). The van der Waals surface area contributed by atoms with Crippen LogP contribution in [0.2, 0.25) is 223 Å². The molecule has 0 heterocycles. The van der Waals surface area contributed by atoms with Gasteiger partial charge < -0.3 is 0 Å². The lowest BCUT2D eigenvalue weighted by molar-refractivity contribution is 1.71. The fourth-order valence-corrected chi connectivity index (χ4v) is 837. The van der Waals surface area contributed by atoms with Gasteiger partial charge in [-0.2, -0.15) is 0 Å². The maximum Gasteiger partial charge on any atom is 0.0329 e. The zero-order valence-corrected chi connectivity index (χ0v) is 58.0. The molecular weight excluding hydrogens is 858 g/mol. The van der Waals surface area contributed by atoms with E-state index in [9.17, 15) is 0 Å². The van der Waals surface area contributed by atoms with Crippen LogP contribution in [-0.2, 0) is 0 Å². The highest BCUT2D eigenvalue weighted by Crippen LogP contribution is 2.58. The van der Waals surface area contributed by atoms with Crippen molar-refractivity contribution in [3.05, 3.63) is 0 Å². The smallest absolute Gasteiger partial charge is 0.0329 e. The molecule has 16 heteroatoms. The summed E-state index contributed by atoms with van der Waals surface area (Å²) in [6.45, 7) is 94.4. The van der Waals surface area contributed by atoms with Crippen LogP contribution in [0.1, 0.15) is 0 Å². The van der Waals surface area contributed by atoms with Gasteiger partial charge in [0.25, 0.3) is 0 Å². The Balaban J connectivity index is 10.1. The first-order valence-corrected chi connectivity index (χ1v) is 84.8. The number of rotatable bonds is 15. The Morgan fingerprint density at radius 1 is 0.120 bits per heavy atom. The summed E-state index contributed by atoms with van der Waals surface area (Å²) in [4.78, 5) is 0. The average Bonchev–Trinajstić information content (AvgIpc) is 2.79. The van der Waals surface area contributed by atoms with Gasteiger partial charge >= 0.3 is 0 Å². The highest BCUT2D eigenvalue weighted by Gasteiger charge is 2.85. The zero-order valence-electron chi connectivity index (χ0n) is 42.0. The van der Waals surface area contributed by atoms with Gasteiger partial charge in [0.15, 0.2) is 0 Å². The maximum atomic E-state index is 3.40. The molecule has 0 spiro atoms. The van der Waals surface area contributed by atoms with Gasteiger partial charge in [-0.25, -0.2) is 0 Å². The highest BCUT2D eigenvalue weighted by atomic mass is 30.4.